The minimum atomic E-state index is -0.587. The highest BCUT2D eigenvalue weighted by atomic mass is 35.5. The maximum absolute atomic E-state index is 13.1. The van der Waals surface area contributed by atoms with Crippen molar-refractivity contribution < 1.29 is 14.0 Å². The minimum absolute atomic E-state index is 0.0155. The molecular weight excluding hydrogens is 396 g/mol. The largest absolute Gasteiger partial charge is 0.472 e. The van der Waals surface area contributed by atoms with E-state index in [2.05, 4.69) is 12.2 Å². The zero-order chi connectivity index (χ0) is 19.9. The summed E-state index contributed by atoms with van der Waals surface area (Å²) < 4.78 is 5.13. The summed E-state index contributed by atoms with van der Waals surface area (Å²) in [5, 5.41) is 3.60. The van der Waals surface area contributed by atoms with Crippen LogP contribution < -0.4 is 5.32 Å². The molecule has 0 spiro atoms. The Hall–Kier alpha value is -1.92. The molecule has 1 aromatic carbocycles. The van der Waals surface area contributed by atoms with Gasteiger partial charge in [-0.2, -0.15) is 0 Å². The Labute approximate surface area is 174 Å². The number of hydrogen-bond donors (Lipinski definition) is 1. The van der Waals surface area contributed by atoms with E-state index in [1.54, 1.807) is 24.7 Å². The van der Waals surface area contributed by atoms with Crippen LogP contribution in [-0.2, 0) is 16.0 Å². The van der Waals surface area contributed by atoms with Crippen molar-refractivity contribution in [2.75, 3.05) is 12.3 Å². The van der Waals surface area contributed by atoms with Gasteiger partial charge in [-0.1, -0.05) is 11.6 Å². The van der Waals surface area contributed by atoms with Gasteiger partial charge in [0.15, 0.2) is 0 Å². The monoisotopic (exact) mass is 420 g/mol. The molecule has 0 bridgehead atoms. The summed E-state index contributed by atoms with van der Waals surface area (Å²) >= 11 is 7.31. The fourth-order valence-electron chi connectivity index (χ4n) is 3.39. The molecule has 7 heteroatoms. The molecule has 0 radical (unpaired) electrons. The first-order valence-electron chi connectivity index (χ1n) is 9.52. The Morgan fingerprint density at radius 1 is 1.29 bits per heavy atom. The number of piperidine rings is 1. The van der Waals surface area contributed by atoms with E-state index in [0.717, 1.165) is 36.3 Å². The van der Waals surface area contributed by atoms with Crippen molar-refractivity contribution in [1.82, 2.24) is 10.2 Å². The lowest BCUT2D eigenvalue weighted by molar-refractivity contribution is -0.138. The maximum atomic E-state index is 13.1. The molecule has 0 aliphatic carbocycles. The standard InChI is InChI=1S/C21H25ClN2O3S/c1-15-4-2-3-10-24(15)21(26)19(12-16-9-11-27-13-16)23-20(25)14-28-18-7-5-17(22)6-8-18/h5-9,11,13,15,19H,2-4,10,12,14H2,1H3,(H,23,25). The number of halogens is 1. The molecule has 0 saturated carbocycles. The lowest BCUT2D eigenvalue weighted by Crippen LogP contribution is -2.53. The summed E-state index contributed by atoms with van der Waals surface area (Å²) in [5.41, 5.74) is 0.897. The van der Waals surface area contributed by atoms with Crippen LogP contribution in [0.1, 0.15) is 31.7 Å². The molecule has 1 aromatic heterocycles. The molecule has 2 amide bonds. The summed E-state index contributed by atoms with van der Waals surface area (Å²) in [7, 11) is 0. The molecule has 3 rings (SSSR count). The molecule has 1 aliphatic rings. The van der Waals surface area contributed by atoms with Gasteiger partial charge >= 0.3 is 0 Å². The topological polar surface area (TPSA) is 62.6 Å². The van der Waals surface area contributed by atoms with E-state index in [4.69, 9.17) is 16.0 Å². The third kappa shape index (κ3) is 5.79. The first-order chi connectivity index (χ1) is 13.5. The number of thioether (sulfide) groups is 1. The number of benzene rings is 1. The molecular formula is C21H25ClN2O3S. The third-order valence-electron chi connectivity index (χ3n) is 4.92. The molecule has 2 aromatic rings. The molecule has 150 valence electrons. The van der Waals surface area contributed by atoms with Crippen LogP contribution in [0.15, 0.2) is 52.2 Å². The lowest BCUT2D eigenvalue weighted by Gasteiger charge is -2.36. The predicted molar refractivity (Wildman–Crippen MR) is 112 cm³/mol. The number of furan rings is 1. The number of carbonyl (C=O) groups is 2. The van der Waals surface area contributed by atoms with Gasteiger partial charge in [-0.05, 0) is 62.1 Å². The van der Waals surface area contributed by atoms with Crippen molar-refractivity contribution in [1.29, 1.82) is 0 Å². The highest BCUT2D eigenvalue weighted by Crippen LogP contribution is 2.21. The van der Waals surface area contributed by atoms with E-state index in [9.17, 15) is 9.59 Å². The van der Waals surface area contributed by atoms with Crippen LogP contribution in [0.3, 0.4) is 0 Å². The Morgan fingerprint density at radius 3 is 2.75 bits per heavy atom. The zero-order valence-electron chi connectivity index (χ0n) is 15.9. The normalized spacial score (nSPS) is 17.9. The van der Waals surface area contributed by atoms with Crippen molar-refractivity contribution in [3.63, 3.8) is 0 Å². The fourth-order valence-corrected chi connectivity index (χ4v) is 4.22. The van der Waals surface area contributed by atoms with Gasteiger partial charge in [0.1, 0.15) is 6.04 Å². The summed E-state index contributed by atoms with van der Waals surface area (Å²) in [6.45, 7) is 2.82. The number of nitrogens with zero attached hydrogens (tertiary/aromatic N) is 1. The maximum Gasteiger partial charge on any atom is 0.245 e. The molecule has 1 fully saturated rings. The van der Waals surface area contributed by atoms with E-state index >= 15 is 0 Å². The SMILES string of the molecule is CC1CCCCN1C(=O)C(Cc1ccoc1)NC(=O)CSc1ccc(Cl)cc1. The van der Waals surface area contributed by atoms with Crippen molar-refractivity contribution >= 4 is 35.2 Å². The van der Waals surface area contributed by atoms with Gasteiger partial charge in [-0.15, -0.1) is 11.8 Å². The number of nitrogens with one attached hydrogen (secondary N) is 1. The van der Waals surface area contributed by atoms with Gasteiger partial charge in [0, 0.05) is 28.9 Å². The first kappa shape index (κ1) is 20.8. The van der Waals surface area contributed by atoms with E-state index in [0.29, 0.717) is 11.4 Å². The third-order valence-corrected chi connectivity index (χ3v) is 6.19. The van der Waals surface area contributed by atoms with Crippen LogP contribution in [0.25, 0.3) is 0 Å². The molecule has 5 nitrogen and oxygen atoms in total. The van der Waals surface area contributed by atoms with Crippen LogP contribution in [0.5, 0.6) is 0 Å². The number of hydrogen-bond acceptors (Lipinski definition) is 4. The van der Waals surface area contributed by atoms with Gasteiger partial charge in [0.05, 0.1) is 18.3 Å². The molecule has 1 aliphatic heterocycles. The average Bonchev–Trinajstić information content (AvgIpc) is 3.20. The van der Waals surface area contributed by atoms with Gasteiger partial charge in [0.25, 0.3) is 0 Å². The van der Waals surface area contributed by atoms with Crippen LogP contribution >= 0.6 is 23.4 Å². The molecule has 28 heavy (non-hydrogen) atoms. The van der Waals surface area contributed by atoms with E-state index in [1.807, 2.05) is 23.1 Å². The highest BCUT2D eigenvalue weighted by molar-refractivity contribution is 8.00. The first-order valence-corrected chi connectivity index (χ1v) is 10.9. The van der Waals surface area contributed by atoms with Crippen molar-refractivity contribution in [2.45, 2.75) is 49.6 Å². The Kier molecular flexibility index (Phi) is 7.45. The average molecular weight is 421 g/mol. The Bertz CT molecular complexity index is 779. The number of amides is 2. The highest BCUT2D eigenvalue weighted by Gasteiger charge is 2.30. The molecule has 2 atom stereocenters. The second kappa shape index (κ2) is 10.0. The van der Waals surface area contributed by atoms with Gasteiger partial charge in [0.2, 0.25) is 11.8 Å². The lowest BCUT2D eigenvalue weighted by atomic mass is 10.0. The number of likely N-dealkylation sites (tertiary alicyclic amines) is 1. The molecule has 2 heterocycles. The van der Waals surface area contributed by atoms with Crippen molar-refractivity contribution in [3.8, 4) is 0 Å². The second-order valence-corrected chi connectivity index (χ2v) is 8.56. The van der Waals surface area contributed by atoms with Crippen LogP contribution in [0.4, 0.5) is 0 Å². The second-order valence-electron chi connectivity index (χ2n) is 7.07. The minimum Gasteiger partial charge on any atom is -0.472 e. The summed E-state index contributed by atoms with van der Waals surface area (Å²) in [5.74, 6) is 0.0662. The van der Waals surface area contributed by atoms with Crippen LogP contribution in [0, 0.1) is 0 Å². The zero-order valence-corrected chi connectivity index (χ0v) is 17.5. The fraction of sp³-hybridized carbons (Fsp3) is 0.429. The quantitative estimate of drug-likeness (QED) is 0.683. The van der Waals surface area contributed by atoms with Crippen molar-refractivity contribution in [3.05, 3.63) is 53.4 Å². The van der Waals surface area contributed by atoms with E-state index in [-0.39, 0.29) is 23.6 Å². The van der Waals surface area contributed by atoms with Crippen molar-refractivity contribution in [2.24, 2.45) is 0 Å². The summed E-state index contributed by atoms with van der Waals surface area (Å²) in [4.78, 5) is 28.5. The van der Waals surface area contributed by atoms with Gasteiger partial charge in [-0.25, -0.2) is 0 Å². The van der Waals surface area contributed by atoms with Gasteiger partial charge < -0.3 is 14.6 Å². The number of rotatable bonds is 7. The Morgan fingerprint density at radius 2 is 2.07 bits per heavy atom. The summed E-state index contributed by atoms with van der Waals surface area (Å²) in [6, 6.07) is 8.79. The molecule has 1 N–H and O–H groups in total. The van der Waals surface area contributed by atoms with E-state index in [1.165, 1.54) is 11.8 Å². The van der Waals surface area contributed by atoms with Crippen LogP contribution in [-0.4, -0.2) is 41.1 Å². The predicted octanol–water partition coefficient (Wildman–Crippen LogP) is 4.15. The Balaban J connectivity index is 1.63. The van der Waals surface area contributed by atoms with Crippen LogP contribution in [0.2, 0.25) is 5.02 Å². The smallest absolute Gasteiger partial charge is 0.245 e. The summed E-state index contributed by atoms with van der Waals surface area (Å²) in [6.07, 6.45) is 6.78. The molecule has 2 unspecified atom stereocenters. The number of carbonyl (C=O) groups excluding carboxylic acids is 2. The van der Waals surface area contributed by atoms with Gasteiger partial charge in [-0.3, -0.25) is 9.59 Å². The van der Waals surface area contributed by atoms with E-state index < -0.39 is 6.04 Å². The molecule has 1 saturated heterocycles.